The van der Waals surface area contributed by atoms with Crippen molar-refractivity contribution in [3.63, 3.8) is 0 Å². The van der Waals surface area contributed by atoms with Gasteiger partial charge in [0, 0.05) is 37.7 Å². The molecule has 0 spiro atoms. The van der Waals surface area contributed by atoms with Crippen LogP contribution in [0.25, 0.3) is 5.69 Å². The van der Waals surface area contributed by atoms with Gasteiger partial charge in [0.1, 0.15) is 5.69 Å². The number of hydrogen-bond acceptors (Lipinski definition) is 5. The standard InChI is InChI=1S/C26H29ClN4O2/c27-21-9-6-10-22(17-21)31-26(32)25(33-23-11-4-5-12-23)24(18-28-31)30-15-13-29(14-16-30)19-20-7-2-1-3-8-20/h1-3,6-10,17-18,23H,4-5,11-16,19H2. The van der Waals surface area contributed by atoms with E-state index in [1.807, 2.05) is 18.2 Å². The number of halogens is 1. The molecule has 5 rings (SSSR count). The van der Waals surface area contributed by atoms with Crippen LogP contribution in [0.2, 0.25) is 5.02 Å². The van der Waals surface area contributed by atoms with Crippen molar-refractivity contribution in [3.8, 4) is 11.4 Å². The lowest BCUT2D eigenvalue weighted by Gasteiger charge is -2.36. The third-order valence-electron chi connectivity index (χ3n) is 6.52. The SMILES string of the molecule is O=c1c(OC2CCCC2)c(N2CCN(Cc3ccccc3)CC2)cnn1-c1cccc(Cl)c1. The first-order valence-electron chi connectivity index (χ1n) is 11.7. The fraction of sp³-hybridized carbons (Fsp3) is 0.385. The number of benzene rings is 2. The normalized spacial score (nSPS) is 17.4. The van der Waals surface area contributed by atoms with Crippen LogP contribution in [0.15, 0.2) is 65.6 Å². The Morgan fingerprint density at radius 2 is 1.73 bits per heavy atom. The summed E-state index contributed by atoms with van der Waals surface area (Å²) in [4.78, 5) is 18.2. The monoisotopic (exact) mass is 464 g/mol. The number of anilines is 1. The molecule has 2 heterocycles. The van der Waals surface area contributed by atoms with Gasteiger partial charge in [-0.2, -0.15) is 9.78 Å². The molecular formula is C26H29ClN4O2. The van der Waals surface area contributed by atoms with E-state index in [4.69, 9.17) is 16.3 Å². The lowest BCUT2D eigenvalue weighted by Crippen LogP contribution is -2.46. The van der Waals surface area contributed by atoms with Gasteiger partial charge in [0.15, 0.2) is 0 Å². The fourth-order valence-electron chi connectivity index (χ4n) is 4.72. The highest BCUT2D eigenvalue weighted by Gasteiger charge is 2.26. The maximum Gasteiger partial charge on any atom is 0.316 e. The zero-order chi connectivity index (χ0) is 22.6. The highest BCUT2D eigenvalue weighted by Crippen LogP contribution is 2.30. The quantitative estimate of drug-likeness (QED) is 0.536. The van der Waals surface area contributed by atoms with E-state index in [9.17, 15) is 4.79 Å². The highest BCUT2D eigenvalue weighted by molar-refractivity contribution is 6.30. The number of aromatic nitrogens is 2. The minimum atomic E-state index is -0.228. The molecule has 0 unspecified atom stereocenters. The molecule has 1 aromatic heterocycles. The molecule has 0 radical (unpaired) electrons. The first kappa shape index (κ1) is 22.0. The van der Waals surface area contributed by atoms with E-state index in [2.05, 4.69) is 39.2 Å². The van der Waals surface area contributed by atoms with Gasteiger partial charge in [0.05, 0.1) is 18.0 Å². The van der Waals surface area contributed by atoms with Crippen molar-refractivity contribution in [1.82, 2.24) is 14.7 Å². The van der Waals surface area contributed by atoms with E-state index >= 15 is 0 Å². The van der Waals surface area contributed by atoms with Gasteiger partial charge < -0.3 is 9.64 Å². The summed E-state index contributed by atoms with van der Waals surface area (Å²) >= 11 is 6.16. The molecule has 33 heavy (non-hydrogen) atoms. The molecule has 7 heteroatoms. The minimum absolute atomic E-state index is 0.0889. The van der Waals surface area contributed by atoms with E-state index in [0.717, 1.165) is 64.1 Å². The average Bonchev–Trinajstić information content (AvgIpc) is 3.35. The Morgan fingerprint density at radius 1 is 0.970 bits per heavy atom. The van der Waals surface area contributed by atoms with E-state index in [0.29, 0.717) is 16.5 Å². The van der Waals surface area contributed by atoms with Gasteiger partial charge in [-0.1, -0.05) is 48.0 Å². The Morgan fingerprint density at radius 3 is 2.45 bits per heavy atom. The van der Waals surface area contributed by atoms with Crippen LogP contribution in [0.4, 0.5) is 5.69 Å². The van der Waals surface area contributed by atoms with Crippen LogP contribution < -0.4 is 15.2 Å². The van der Waals surface area contributed by atoms with Crippen molar-refractivity contribution in [2.24, 2.45) is 0 Å². The molecule has 6 nitrogen and oxygen atoms in total. The van der Waals surface area contributed by atoms with Crippen LogP contribution in [0.3, 0.4) is 0 Å². The van der Waals surface area contributed by atoms with E-state index in [1.54, 1.807) is 18.3 Å². The predicted molar refractivity (Wildman–Crippen MR) is 132 cm³/mol. The van der Waals surface area contributed by atoms with Gasteiger partial charge in [0.2, 0.25) is 5.75 Å². The summed E-state index contributed by atoms with van der Waals surface area (Å²) in [5.74, 6) is 0.411. The van der Waals surface area contributed by atoms with Crippen molar-refractivity contribution in [1.29, 1.82) is 0 Å². The molecule has 172 valence electrons. The number of rotatable bonds is 6. The summed E-state index contributed by atoms with van der Waals surface area (Å²) in [5, 5.41) is 5.06. The van der Waals surface area contributed by atoms with Gasteiger partial charge in [-0.15, -0.1) is 0 Å². The Labute approximate surface area is 199 Å². The van der Waals surface area contributed by atoms with Crippen LogP contribution in [-0.2, 0) is 6.54 Å². The zero-order valence-corrected chi connectivity index (χ0v) is 19.5. The first-order valence-corrected chi connectivity index (χ1v) is 12.1. The summed E-state index contributed by atoms with van der Waals surface area (Å²) in [6.07, 6.45) is 6.13. The molecule has 0 bridgehead atoms. The predicted octanol–water partition coefficient (Wildman–Crippen LogP) is 4.53. The molecule has 0 amide bonds. The Bertz CT molecular complexity index is 1140. The summed E-state index contributed by atoms with van der Waals surface area (Å²) in [7, 11) is 0. The lowest BCUT2D eigenvalue weighted by molar-refractivity contribution is 0.204. The summed E-state index contributed by atoms with van der Waals surface area (Å²) < 4.78 is 7.74. The molecular weight excluding hydrogens is 436 g/mol. The first-order chi connectivity index (χ1) is 16.2. The molecule has 2 aromatic carbocycles. The van der Waals surface area contributed by atoms with Crippen molar-refractivity contribution in [2.75, 3.05) is 31.1 Å². The van der Waals surface area contributed by atoms with E-state index in [-0.39, 0.29) is 11.7 Å². The maximum atomic E-state index is 13.5. The number of hydrogen-bond donors (Lipinski definition) is 0. The topological polar surface area (TPSA) is 50.6 Å². The van der Waals surface area contributed by atoms with Gasteiger partial charge in [-0.3, -0.25) is 9.69 Å². The Kier molecular flexibility index (Phi) is 6.65. The number of ether oxygens (including phenoxy) is 1. The summed E-state index contributed by atoms with van der Waals surface area (Å²) in [5.41, 5.74) is 2.53. The van der Waals surface area contributed by atoms with Crippen LogP contribution in [-0.4, -0.2) is 47.0 Å². The van der Waals surface area contributed by atoms with Crippen molar-refractivity contribution < 1.29 is 4.74 Å². The van der Waals surface area contributed by atoms with Crippen molar-refractivity contribution in [2.45, 2.75) is 38.3 Å². The van der Waals surface area contributed by atoms with Crippen molar-refractivity contribution in [3.05, 3.63) is 81.7 Å². The number of piperazine rings is 1. The van der Waals surface area contributed by atoms with Gasteiger partial charge in [0.25, 0.3) is 0 Å². The van der Waals surface area contributed by atoms with E-state index < -0.39 is 0 Å². The molecule has 2 fully saturated rings. The molecule has 1 saturated carbocycles. The second-order valence-electron chi connectivity index (χ2n) is 8.83. The highest BCUT2D eigenvalue weighted by atomic mass is 35.5. The molecule has 1 aliphatic carbocycles. The minimum Gasteiger partial charge on any atom is -0.483 e. The Hall–Kier alpha value is -2.83. The molecule has 0 N–H and O–H groups in total. The number of nitrogens with zero attached hydrogens (tertiary/aromatic N) is 4. The smallest absolute Gasteiger partial charge is 0.316 e. The van der Waals surface area contributed by atoms with E-state index in [1.165, 1.54) is 10.2 Å². The van der Waals surface area contributed by atoms with Crippen LogP contribution >= 0.6 is 11.6 Å². The fourth-order valence-corrected chi connectivity index (χ4v) is 4.90. The Balaban J connectivity index is 1.39. The second kappa shape index (κ2) is 9.98. The van der Waals surface area contributed by atoms with Crippen LogP contribution in [0.1, 0.15) is 31.2 Å². The lowest BCUT2D eigenvalue weighted by atomic mass is 10.2. The molecule has 0 atom stereocenters. The van der Waals surface area contributed by atoms with Crippen molar-refractivity contribution >= 4 is 17.3 Å². The zero-order valence-electron chi connectivity index (χ0n) is 18.7. The average molecular weight is 465 g/mol. The van der Waals surface area contributed by atoms with Gasteiger partial charge in [-0.25, -0.2) is 0 Å². The van der Waals surface area contributed by atoms with Gasteiger partial charge in [-0.05, 0) is 49.4 Å². The van der Waals surface area contributed by atoms with Crippen LogP contribution in [0.5, 0.6) is 5.75 Å². The summed E-state index contributed by atoms with van der Waals surface area (Å²) in [6, 6.07) is 17.7. The van der Waals surface area contributed by atoms with Crippen LogP contribution in [0, 0.1) is 0 Å². The molecule has 1 aliphatic heterocycles. The molecule has 3 aromatic rings. The van der Waals surface area contributed by atoms with Gasteiger partial charge >= 0.3 is 5.56 Å². The molecule has 2 aliphatic rings. The largest absolute Gasteiger partial charge is 0.483 e. The third kappa shape index (κ3) is 5.07. The second-order valence-corrected chi connectivity index (χ2v) is 9.27. The molecule has 1 saturated heterocycles. The summed E-state index contributed by atoms with van der Waals surface area (Å²) in [6.45, 7) is 4.45. The maximum absolute atomic E-state index is 13.5. The third-order valence-corrected chi connectivity index (χ3v) is 6.75.